The Hall–Kier alpha value is -1.31. The van der Waals surface area contributed by atoms with Gasteiger partial charge in [0.15, 0.2) is 0 Å². The molecule has 3 rings (SSSR count). The Kier molecular flexibility index (Phi) is 2.01. The average Bonchev–Trinajstić information content (AvgIpc) is 2.53. The van der Waals surface area contributed by atoms with E-state index in [1.54, 1.807) is 0 Å². The maximum Gasteiger partial charge on any atom is 0.137 e. The number of carbonyl (C=O) groups is 1. The van der Waals surface area contributed by atoms with Gasteiger partial charge in [0.1, 0.15) is 5.78 Å². The van der Waals surface area contributed by atoms with Crippen molar-refractivity contribution in [2.75, 3.05) is 4.90 Å². The van der Waals surface area contributed by atoms with Gasteiger partial charge in [0.25, 0.3) is 0 Å². The van der Waals surface area contributed by atoms with Crippen LogP contribution >= 0.6 is 0 Å². The number of hydrogen-bond donors (Lipinski definition) is 0. The van der Waals surface area contributed by atoms with Crippen LogP contribution in [0.15, 0.2) is 30.3 Å². The average molecular weight is 201 g/mol. The number of para-hydroxylation sites is 1. The summed E-state index contributed by atoms with van der Waals surface area (Å²) in [6.45, 7) is 0. The molecule has 0 unspecified atom stereocenters. The molecule has 0 amide bonds. The van der Waals surface area contributed by atoms with E-state index in [0.717, 1.165) is 12.8 Å². The van der Waals surface area contributed by atoms with Crippen molar-refractivity contribution in [3.8, 4) is 0 Å². The molecule has 0 radical (unpaired) electrons. The van der Waals surface area contributed by atoms with E-state index in [0.29, 0.717) is 17.9 Å². The molecule has 2 saturated heterocycles. The third-order valence-electron chi connectivity index (χ3n) is 3.60. The summed E-state index contributed by atoms with van der Waals surface area (Å²) in [6.07, 6.45) is 3.88. The Morgan fingerprint density at radius 3 is 2.20 bits per heavy atom. The molecule has 0 spiro atoms. The number of ketones is 1. The molecular weight excluding hydrogens is 186 g/mol. The highest BCUT2D eigenvalue weighted by Crippen LogP contribution is 2.37. The van der Waals surface area contributed by atoms with E-state index in [-0.39, 0.29) is 0 Å². The number of nitrogens with zero attached hydrogens (tertiary/aromatic N) is 1. The highest BCUT2D eigenvalue weighted by atomic mass is 16.1. The second kappa shape index (κ2) is 3.37. The van der Waals surface area contributed by atoms with Crippen molar-refractivity contribution in [3.05, 3.63) is 30.3 Å². The van der Waals surface area contributed by atoms with Crippen LogP contribution in [0.1, 0.15) is 25.7 Å². The first kappa shape index (κ1) is 8.96. The molecule has 2 fully saturated rings. The van der Waals surface area contributed by atoms with Crippen LogP contribution in [0.25, 0.3) is 0 Å². The summed E-state index contributed by atoms with van der Waals surface area (Å²) in [5.41, 5.74) is 1.29. The number of rotatable bonds is 1. The number of carbonyl (C=O) groups excluding carboxylic acids is 1. The van der Waals surface area contributed by atoms with Crippen LogP contribution in [0.2, 0.25) is 0 Å². The van der Waals surface area contributed by atoms with Gasteiger partial charge in [-0.25, -0.2) is 0 Å². The summed E-state index contributed by atoms with van der Waals surface area (Å²) in [5.74, 6) is 0.453. The van der Waals surface area contributed by atoms with Gasteiger partial charge in [0.2, 0.25) is 0 Å². The fraction of sp³-hybridized carbons (Fsp3) is 0.462. The van der Waals surface area contributed by atoms with E-state index in [4.69, 9.17) is 0 Å². The largest absolute Gasteiger partial charge is 0.365 e. The number of hydrogen-bond acceptors (Lipinski definition) is 2. The van der Waals surface area contributed by atoms with Gasteiger partial charge in [0.05, 0.1) is 0 Å². The molecule has 2 aliphatic heterocycles. The van der Waals surface area contributed by atoms with Gasteiger partial charge in [0, 0.05) is 30.6 Å². The van der Waals surface area contributed by atoms with Crippen molar-refractivity contribution in [2.24, 2.45) is 0 Å². The third kappa shape index (κ3) is 1.44. The molecule has 0 aromatic heterocycles. The molecule has 0 aliphatic carbocycles. The maximum absolute atomic E-state index is 11.5. The molecule has 2 heterocycles. The zero-order valence-electron chi connectivity index (χ0n) is 8.73. The summed E-state index contributed by atoms with van der Waals surface area (Å²) in [7, 11) is 0. The first-order chi connectivity index (χ1) is 7.34. The van der Waals surface area contributed by atoms with Gasteiger partial charge in [-0.2, -0.15) is 0 Å². The van der Waals surface area contributed by atoms with Crippen LogP contribution in [0.4, 0.5) is 5.69 Å². The van der Waals surface area contributed by atoms with E-state index in [1.807, 2.05) is 6.07 Å². The third-order valence-corrected chi connectivity index (χ3v) is 3.60. The van der Waals surface area contributed by atoms with Crippen LogP contribution in [-0.4, -0.2) is 17.9 Å². The predicted octanol–water partition coefficient (Wildman–Crippen LogP) is 2.39. The van der Waals surface area contributed by atoms with E-state index in [1.165, 1.54) is 18.5 Å². The Balaban J connectivity index is 1.92. The Morgan fingerprint density at radius 2 is 1.60 bits per heavy atom. The Morgan fingerprint density at radius 1 is 1.00 bits per heavy atom. The molecule has 2 heteroatoms. The molecule has 1 aromatic carbocycles. The van der Waals surface area contributed by atoms with Crippen LogP contribution in [0.5, 0.6) is 0 Å². The molecule has 0 N–H and O–H groups in total. The molecular formula is C13H15NO. The fourth-order valence-corrected chi connectivity index (χ4v) is 2.99. The minimum atomic E-state index is 0.453. The van der Waals surface area contributed by atoms with E-state index in [2.05, 4.69) is 29.2 Å². The second-order valence-corrected chi connectivity index (χ2v) is 4.57. The van der Waals surface area contributed by atoms with Gasteiger partial charge >= 0.3 is 0 Å². The quantitative estimate of drug-likeness (QED) is 0.695. The minimum Gasteiger partial charge on any atom is -0.365 e. The second-order valence-electron chi connectivity index (χ2n) is 4.57. The zero-order valence-corrected chi connectivity index (χ0v) is 8.73. The monoisotopic (exact) mass is 201 g/mol. The summed E-state index contributed by atoms with van der Waals surface area (Å²) in [4.78, 5) is 13.9. The van der Waals surface area contributed by atoms with E-state index >= 15 is 0 Å². The number of piperidine rings is 1. The lowest BCUT2D eigenvalue weighted by Crippen LogP contribution is -2.43. The van der Waals surface area contributed by atoms with Crippen LogP contribution in [-0.2, 0) is 4.79 Å². The first-order valence-electron chi connectivity index (χ1n) is 5.69. The van der Waals surface area contributed by atoms with Gasteiger partial charge in [-0.15, -0.1) is 0 Å². The Labute approximate surface area is 89.9 Å². The van der Waals surface area contributed by atoms with E-state index in [9.17, 15) is 4.79 Å². The highest BCUT2D eigenvalue weighted by molar-refractivity contribution is 5.83. The smallest absolute Gasteiger partial charge is 0.137 e. The number of anilines is 1. The standard InChI is InChI=1S/C13H15NO/c15-13-8-11-6-7-12(9-13)14(11)10-4-2-1-3-5-10/h1-5,11-12H,6-9H2/t11-,12-/m0/s1. The molecule has 1 aromatic rings. The maximum atomic E-state index is 11.5. The summed E-state index contributed by atoms with van der Waals surface area (Å²) < 4.78 is 0. The van der Waals surface area contributed by atoms with Gasteiger partial charge in [-0.1, -0.05) is 18.2 Å². The van der Waals surface area contributed by atoms with Gasteiger partial charge in [-0.3, -0.25) is 4.79 Å². The van der Waals surface area contributed by atoms with Crippen molar-refractivity contribution < 1.29 is 4.79 Å². The summed E-state index contributed by atoms with van der Waals surface area (Å²) >= 11 is 0. The number of fused-ring (bicyclic) bond motifs is 2. The lowest BCUT2D eigenvalue weighted by atomic mass is 10.0. The molecule has 2 nitrogen and oxygen atoms in total. The van der Waals surface area contributed by atoms with Gasteiger partial charge in [-0.05, 0) is 25.0 Å². The zero-order chi connectivity index (χ0) is 10.3. The molecule has 2 bridgehead atoms. The van der Waals surface area contributed by atoms with Crippen LogP contribution in [0, 0.1) is 0 Å². The first-order valence-corrected chi connectivity index (χ1v) is 5.69. The van der Waals surface area contributed by atoms with Crippen molar-refractivity contribution in [2.45, 2.75) is 37.8 Å². The summed E-state index contributed by atoms with van der Waals surface area (Å²) in [5, 5.41) is 0. The minimum absolute atomic E-state index is 0.453. The van der Waals surface area contributed by atoms with Crippen molar-refractivity contribution in [1.82, 2.24) is 0 Å². The Bertz CT molecular complexity index is 357. The number of Topliss-reactive ketones (excluding diaryl/α,β-unsaturated/α-hetero) is 1. The normalized spacial score (nSPS) is 29.6. The van der Waals surface area contributed by atoms with Crippen molar-refractivity contribution >= 4 is 11.5 Å². The molecule has 15 heavy (non-hydrogen) atoms. The topological polar surface area (TPSA) is 20.3 Å². The van der Waals surface area contributed by atoms with E-state index < -0.39 is 0 Å². The fourth-order valence-electron chi connectivity index (χ4n) is 2.99. The SMILES string of the molecule is O=C1C[C@@H]2CC[C@@H](C1)N2c1ccccc1. The van der Waals surface area contributed by atoms with Gasteiger partial charge < -0.3 is 4.90 Å². The lowest BCUT2D eigenvalue weighted by Gasteiger charge is -2.36. The molecule has 0 saturated carbocycles. The van der Waals surface area contributed by atoms with Crippen molar-refractivity contribution in [3.63, 3.8) is 0 Å². The lowest BCUT2D eigenvalue weighted by molar-refractivity contribution is -0.120. The van der Waals surface area contributed by atoms with Crippen LogP contribution in [0.3, 0.4) is 0 Å². The molecule has 2 atom stereocenters. The van der Waals surface area contributed by atoms with Crippen LogP contribution < -0.4 is 4.90 Å². The predicted molar refractivity (Wildman–Crippen MR) is 60.0 cm³/mol. The number of benzene rings is 1. The van der Waals surface area contributed by atoms with Crippen molar-refractivity contribution in [1.29, 1.82) is 0 Å². The summed E-state index contributed by atoms with van der Waals surface area (Å²) in [6, 6.07) is 11.4. The highest BCUT2D eigenvalue weighted by Gasteiger charge is 2.39. The molecule has 78 valence electrons. The molecule has 2 aliphatic rings.